The molecule has 0 aliphatic rings. The molecule has 2 aromatic carbocycles. The smallest absolute Gasteiger partial charge is 0.319 e. The molecular weight excluding hydrogens is 422 g/mol. The minimum Gasteiger partial charge on any atom is -0.481 e. The predicted molar refractivity (Wildman–Crippen MR) is 125 cm³/mol. The van der Waals surface area contributed by atoms with E-state index in [0.717, 1.165) is 5.56 Å². The van der Waals surface area contributed by atoms with Gasteiger partial charge in [0.05, 0.1) is 5.92 Å². The third-order valence-electron chi connectivity index (χ3n) is 5.08. The Morgan fingerprint density at radius 1 is 1.00 bits per heavy atom. The molecule has 33 heavy (non-hydrogen) atoms. The highest BCUT2D eigenvalue weighted by molar-refractivity contribution is 5.95. The van der Waals surface area contributed by atoms with E-state index >= 15 is 0 Å². The van der Waals surface area contributed by atoms with Gasteiger partial charge in [0, 0.05) is 5.69 Å². The molecule has 0 spiro atoms. The molecule has 0 aromatic heterocycles. The van der Waals surface area contributed by atoms with Gasteiger partial charge in [-0.05, 0) is 54.7 Å². The maximum absolute atomic E-state index is 12.6. The summed E-state index contributed by atoms with van der Waals surface area (Å²) in [6, 6.07) is 13.9. The van der Waals surface area contributed by atoms with E-state index < -0.39 is 29.9 Å². The van der Waals surface area contributed by atoms with Crippen LogP contribution in [0.3, 0.4) is 0 Å². The molecule has 3 N–H and O–H groups in total. The molecule has 0 radical (unpaired) electrons. The van der Waals surface area contributed by atoms with Crippen LogP contribution >= 0.6 is 0 Å². The first kappa shape index (κ1) is 25.5. The van der Waals surface area contributed by atoms with Gasteiger partial charge in [-0.25, -0.2) is 0 Å². The van der Waals surface area contributed by atoms with Crippen LogP contribution in [0.15, 0.2) is 48.5 Å². The second kappa shape index (κ2) is 10.7. The van der Waals surface area contributed by atoms with Crippen molar-refractivity contribution in [2.45, 2.75) is 52.1 Å². The maximum atomic E-state index is 12.6. The Balaban J connectivity index is 2.12. The van der Waals surface area contributed by atoms with Crippen molar-refractivity contribution in [3.8, 4) is 17.6 Å². The van der Waals surface area contributed by atoms with Gasteiger partial charge in [0.15, 0.2) is 12.0 Å². The number of carbonyl (C=O) groups is 3. The summed E-state index contributed by atoms with van der Waals surface area (Å²) < 4.78 is 5.80. The van der Waals surface area contributed by atoms with E-state index in [1.165, 1.54) is 6.92 Å². The fourth-order valence-corrected chi connectivity index (χ4v) is 3.22. The van der Waals surface area contributed by atoms with Gasteiger partial charge in [-0.3, -0.25) is 14.4 Å². The molecule has 2 unspecified atom stereocenters. The zero-order valence-electron chi connectivity index (χ0n) is 19.4. The molecular formula is C26H29NO6. The highest BCUT2D eigenvalue weighted by Gasteiger charge is 2.35. The fraction of sp³-hybridized carbons (Fsp3) is 0.346. The van der Waals surface area contributed by atoms with E-state index in [9.17, 15) is 24.6 Å². The minimum absolute atomic E-state index is 0.0487. The van der Waals surface area contributed by atoms with Crippen LogP contribution in [0.4, 0.5) is 5.69 Å². The second-order valence-corrected chi connectivity index (χ2v) is 8.68. The number of anilines is 1. The predicted octanol–water partition coefficient (Wildman–Crippen LogP) is 4.28. The average molecular weight is 452 g/mol. The number of hydrogen-bond donors (Lipinski definition) is 3. The maximum Gasteiger partial charge on any atom is 0.319 e. The number of carboxylic acids is 2. The topological polar surface area (TPSA) is 113 Å². The van der Waals surface area contributed by atoms with Crippen LogP contribution in [0.25, 0.3) is 0 Å². The Bertz CT molecular complexity index is 1060. The minimum atomic E-state index is -1.70. The molecule has 0 fully saturated rings. The lowest BCUT2D eigenvalue weighted by molar-refractivity contribution is -0.154. The molecule has 2 rings (SSSR count). The number of carbonyl (C=O) groups excluding carboxylic acids is 1. The number of amides is 1. The first-order valence-corrected chi connectivity index (χ1v) is 10.5. The third kappa shape index (κ3) is 6.84. The first-order chi connectivity index (χ1) is 15.4. The molecule has 0 saturated heterocycles. The molecule has 7 nitrogen and oxygen atoms in total. The van der Waals surface area contributed by atoms with Crippen LogP contribution in [-0.2, 0) is 19.8 Å². The number of carboxylic acid groups (broad SMARTS) is 2. The Morgan fingerprint density at radius 3 is 2.12 bits per heavy atom. The van der Waals surface area contributed by atoms with Crippen molar-refractivity contribution in [2.24, 2.45) is 5.92 Å². The molecule has 0 saturated carbocycles. The van der Waals surface area contributed by atoms with Crippen molar-refractivity contribution in [3.63, 3.8) is 0 Å². The van der Waals surface area contributed by atoms with Crippen molar-refractivity contribution in [1.29, 1.82) is 0 Å². The molecule has 7 heteroatoms. The van der Waals surface area contributed by atoms with Gasteiger partial charge in [-0.15, -0.1) is 5.92 Å². The zero-order valence-corrected chi connectivity index (χ0v) is 19.4. The molecule has 0 aliphatic heterocycles. The van der Waals surface area contributed by atoms with E-state index in [1.54, 1.807) is 37.3 Å². The molecule has 2 atom stereocenters. The highest BCUT2D eigenvalue weighted by Crippen LogP contribution is 2.28. The van der Waals surface area contributed by atoms with Gasteiger partial charge in [-0.1, -0.05) is 51.0 Å². The first-order valence-electron chi connectivity index (χ1n) is 10.5. The lowest BCUT2D eigenvalue weighted by atomic mass is 9.86. The number of ether oxygens (including phenoxy) is 1. The fourth-order valence-electron chi connectivity index (χ4n) is 3.22. The lowest BCUT2D eigenvalue weighted by Crippen LogP contribution is -2.30. The summed E-state index contributed by atoms with van der Waals surface area (Å²) in [6.07, 6.45) is -0.762. The Morgan fingerprint density at radius 2 is 1.61 bits per heavy atom. The molecule has 0 aliphatic carbocycles. The molecule has 174 valence electrons. The summed E-state index contributed by atoms with van der Waals surface area (Å²) in [7, 11) is 0. The quantitative estimate of drug-likeness (QED) is 0.408. The average Bonchev–Trinajstić information content (AvgIpc) is 2.73. The Hall–Kier alpha value is -3.79. The summed E-state index contributed by atoms with van der Waals surface area (Å²) in [6.45, 7) is 9.44. The standard InChI is InChI=1S/C26H29NO6/c1-6-8-21(22(24(29)30)25(31)32)17-11-13-19(14-12-17)27-23(28)16(2)33-20-10-7-9-18(15-20)26(3,4)5/h7,9-16,21-22H,1-5H3,(H,27,28)(H,29,30)(H,31,32). The van der Waals surface area contributed by atoms with E-state index in [2.05, 4.69) is 37.9 Å². The lowest BCUT2D eigenvalue weighted by Gasteiger charge is -2.21. The summed E-state index contributed by atoms with van der Waals surface area (Å²) >= 11 is 0. The van der Waals surface area contributed by atoms with Crippen LogP contribution in [0.5, 0.6) is 5.75 Å². The monoisotopic (exact) mass is 451 g/mol. The summed E-state index contributed by atoms with van der Waals surface area (Å²) in [5.74, 6) is -0.159. The van der Waals surface area contributed by atoms with Crippen molar-refractivity contribution in [3.05, 3.63) is 59.7 Å². The van der Waals surface area contributed by atoms with Crippen LogP contribution in [0.1, 0.15) is 51.7 Å². The number of benzene rings is 2. The van der Waals surface area contributed by atoms with E-state index in [0.29, 0.717) is 17.0 Å². The van der Waals surface area contributed by atoms with E-state index in [1.807, 2.05) is 18.2 Å². The highest BCUT2D eigenvalue weighted by atomic mass is 16.5. The SMILES string of the molecule is CC#CC(c1ccc(NC(=O)C(C)Oc2cccc(C(C)(C)C)c2)cc1)C(C(=O)O)C(=O)O. The normalized spacial score (nSPS) is 12.8. The van der Waals surface area contributed by atoms with Gasteiger partial charge in [-0.2, -0.15) is 0 Å². The van der Waals surface area contributed by atoms with E-state index in [4.69, 9.17) is 4.74 Å². The van der Waals surface area contributed by atoms with Gasteiger partial charge < -0.3 is 20.3 Å². The number of nitrogens with one attached hydrogen (secondary N) is 1. The second-order valence-electron chi connectivity index (χ2n) is 8.68. The molecule has 2 aromatic rings. The number of aliphatic carboxylic acids is 2. The third-order valence-corrected chi connectivity index (χ3v) is 5.08. The van der Waals surface area contributed by atoms with Crippen molar-refractivity contribution < 1.29 is 29.3 Å². The summed E-state index contributed by atoms with van der Waals surface area (Å²) in [5, 5.41) is 21.3. The molecule has 0 heterocycles. The van der Waals surface area contributed by atoms with Crippen LogP contribution < -0.4 is 10.1 Å². The summed E-state index contributed by atoms with van der Waals surface area (Å²) in [4.78, 5) is 35.4. The molecule has 1 amide bonds. The zero-order chi connectivity index (χ0) is 24.8. The van der Waals surface area contributed by atoms with Crippen LogP contribution in [0.2, 0.25) is 0 Å². The van der Waals surface area contributed by atoms with Crippen molar-refractivity contribution in [1.82, 2.24) is 0 Å². The van der Waals surface area contributed by atoms with Crippen molar-refractivity contribution in [2.75, 3.05) is 5.32 Å². The Labute approximate surface area is 193 Å². The molecule has 0 bridgehead atoms. The largest absolute Gasteiger partial charge is 0.481 e. The van der Waals surface area contributed by atoms with Crippen LogP contribution in [-0.4, -0.2) is 34.2 Å². The van der Waals surface area contributed by atoms with Gasteiger partial charge >= 0.3 is 11.9 Å². The Kier molecular flexibility index (Phi) is 8.25. The van der Waals surface area contributed by atoms with Crippen molar-refractivity contribution >= 4 is 23.5 Å². The number of hydrogen-bond acceptors (Lipinski definition) is 4. The van der Waals surface area contributed by atoms with Gasteiger partial charge in [0.2, 0.25) is 0 Å². The summed E-state index contributed by atoms with van der Waals surface area (Å²) in [5.41, 5.74) is 1.94. The van der Waals surface area contributed by atoms with Gasteiger partial charge in [0.25, 0.3) is 5.91 Å². The number of rotatable bonds is 8. The van der Waals surface area contributed by atoms with E-state index in [-0.39, 0.29) is 11.3 Å². The van der Waals surface area contributed by atoms with Crippen LogP contribution in [0, 0.1) is 17.8 Å². The van der Waals surface area contributed by atoms with Gasteiger partial charge in [0.1, 0.15) is 5.75 Å².